The first-order valence-corrected chi connectivity index (χ1v) is 6.43. The maximum Gasteiger partial charge on any atom is 0.333 e. The smallest absolute Gasteiger partial charge is 0.333 e. The van der Waals surface area contributed by atoms with Crippen molar-refractivity contribution in [3.05, 3.63) is 15.8 Å². The first-order chi connectivity index (χ1) is 8.47. The summed E-state index contributed by atoms with van der Waals surface area (Å²) in [5.41, 5.74) is 0.577. The van der Waals surface area contributed by atoms with Gasteiger partial charge in [-0.1, -0.05) is 20.8 Å². The summed E-state index contributed by atoms with van der Waals surface area (Å²) in [7, 11) is 0. The van der Waals surface area contributed by atoms with Crippen LogP contribution in [0.25, 0.3) is 0 Å². The molecule has 18 heavy (non-hydrogen) atoms. The highest BCUT2D eigenvalue weighted by Crippen LogP contribution is 2.28. The lowest BCUT2D eigenvalue weighted by Crippen LogP contribution is -2.11. The second kappa shape index (κ2) is 6.37. The highest BCUT2D eigenvalue weighted by atomic mass is 16.6. The minimum absolute atomic E-state index is 0.104. The van der Waals surface area contributed by atoms with Crippen molar-refractivity contribution in [2.45, 2.75) is 47.1 Å². The number of aryl methyl sites for hydroxylation is 2. The van der Waals surface area contributed by atoms with Gasteiger partial charge in [0.25, 0.3) is 0 Å². The molecule has 6 nitrogen and oxygen atoms in total. The lowest BCUT2D eigenvalue weighted by molar-refractivity contribution is -0.384. The normalized spacial score (nSPS) is 10.9. The highest BCUT2D eigenvalue weighted by molar-refractivity contribution is 5.59. The molecule has 0 atom stereocenters. The van der Waals surface area contributed by atoms with Crippen LogP contribution in [0, 0.1) is 23.0 Å². The molecule has 0 aromatic carbocycles. The molecule has 1 N–H and O–H groups in total. The van der Waals surface area contributed by atoms with Crippen molar-refractivity contribution in [1.29, 1.82) is 0 Å². The van der Waals surface area contributed by atoms with E-state index in [-0.39, 0.29) is 10.6 Å². The Balaban J connectivity index is 2.93. The van der Waals surface area contributed by atoms with Crippen molar-refractivity contribution in [3.63, 3.8) is 0 Å². The third kappa shape index (κ3) is 3.45. The molecular formula is C12H22N4O2. The molecule has 0 aliphatic carbocycles. The van der Waals surface area contributed by atoms with E-state index in [2.05, 4.69) is 24.3 Å². The van der Waals surface area contributed by atoms with Crippen LogP contribution in [0.15, 0.2) is 0 Å². The van der Waals surface area contributed by atoms with E-state index in [1.807, 2.05) is 6.92 Å². The molecule has 6 heteroatoms. The predicted molar refractivity (Wildman–Crippen MR) is 71.9 cm³/mol. The minimum atomic E-state index is -0.355. The second-order valence-electron chi connectivity index (χ2n) is 4.87. The lowest BCUT2D eigenvalue weighted by atomic mass is 10.1. The summed E-state index contributed by atoms with van der Waals surface area (Å²) in [4.78, 5) is 10.7. The van der Waals surface area contributed by atoms with Crippen molar-refractivity contribution in [3.8, 4) is 0 Å². The standard InChI is InChI=1S/C12H22N4O2/c1-5-8-15-12(13-7-6-9(2)3)11(16(17)18)10(4)14-15/h9,13H,5-8H2,1-4H3. The van der Waals surface area contributed by atoms with Crippen LogP contribution in [0.4, 0.5) is 11.5 Å². The Kier molecular flexibility index (Phi) is 5.12. The Labute approximate surface area is 108 Å². The van der Waals surface area contributed by atoms with Crippen LogP contribution >= 0.6 is 0 Å². The second-order valence-corrected chi connectivity index (χ2v) is 4.87. The molecule has 0 aliphatic heterocycles. The van der Waals surface area contributed by atoms with Crippen LogP contribution in [0.3, 0.4) is 0 Å². The summed E-state index contributed by atoms with van der Waals surface area (Å²) >= 11 is 0. The van der Waals surface area contributed by atoms with E-state index in [4.69, 9.17) is 0 Å². The zero-order valence-electron chi connectivity index (χ0n) is 11.6. The zero-order chi connectivity index (χ0) is 13.7. The molecular weight excluding hydrogens is 232 g/mol. The molecule has 1 aromatic rings. The molecule has 0 aliphatic rings. The van der Waals surface area contributed by atoms with Crippen molar-refractivity contribution >= 4 is 11.5 Å². The van der Waals surface area contributed by atoms with Gasteiger partial charge in [0.15, 0.2) is 0 Å². The molecule has 0 saturated carbocycles. The van der Waals surface area contributed by atoms with Gasteiger partial charge in [-0.3, -0.25) is 10.1 Å². The van der Waals surface area contributed by atoms with Crippen molar-refractivity contribution in [1.82, 2.24) is 9.78 Å². The summed E-state index contributed by atoms with van der Waals surface area (Å²) in [6.07, 6.45) is 1.88. The number of hydrogen-bond donors (Lipinski definition) is 1. The van der Waals surface area contributed by atoms with Gasteiger partial charge in [0.05, 0.1) is 4.92 Å². The van der Waals surface area contributed by atoms with Crippen LogP contribution in [0.5, 0.6) is 0 Å². The number of anilines is 1. The first kappa shape index (κ1) is 14.5. The van der Waals surface area contributed by atoms with Gasteiger partial charge in [-0.2, -0.15) is 5.10 Å². The molecule has 0 amide bonds. The van der Waals surface area contributed by atoms with Gasteiger partial charge in [0, 0.05) is 13.1 Å². The van der Waals surface area contributed by atoms with Gasteiger partial charge in [-0.05, 0) is 25.7 Å². The minimum Gasteiger partial charge on any atom is -0.365 e. The summed E-state index contributed by atoms with van der Waals surface area (Å²) in [6.45, 7) is 9.39. The van der Waals surface area contributed by atoms with Crippen molar-refractivity contribution < 1.29 is 4.92 Å². The molecule has 1 heterocycles. The van der Waals surface area contributed by atoms with E-state index in [1.54, 1.807) is 11.6 Å². The van der Waals surface area contributed by atoms with Crippen molar-refractivity contribution in [2.24, 2.45) is 5.92 Å². The Morgan fingerprint density at radius 3 is 2.67 bits per heavy atom. The maximum absolute atomic E-state index is 11.1. The first-order valence-electron chi connectivity index (χ1n) is 6.43. The lowest BCUT2D eigenvalue weighted by Gasteiger charge is -2.09. The SMILES string of the molecule is CCCn1nc(C)c([N+](=O)[O-])c1NCCC(C)C. The summed E-state index contributed by atoms with van der Waals surface area (Å²) in [6, 6.07) is 0. The molecule has 0 bridgehead atoms. The highest BCUT2D eigenvalue weighted by Gasteiger charge is 2.24. The number of nitro groups is 1. The average molecular weight is 254 g/mol. The number of nitrogens with zero attached hydrogens (tertiary/aromatic N) is 3. The van der Waals surface area contributed by atoms with Crippen LogP contribution < -0.4 is 5.32 Å². The van der Waals surface area contributed by atoms with E-state index in [0.29, 0.717) is 24.0 Å². The monoisotopic (exact) mass is 254 g/mol. The van der Waals surface area contributed by atoms with Gasteiger partial charge >= 0.3 is 5.69 Å². The quantitative estimate of drug-likeness (QED) is 0.599. The molecule has 0 fully saturated rings. The van der Waals surface area contributed by atoms with Gasteiger partial charge in [0.1, 0.15) is 5.69 Å². The molecule has 102 valence electrons. The fourth-order valence-electron chi connectivity index (χ4n) is 1.82. The number of hydrogen-bond acceptors (Lipinski definition) is 4. The van der Waals surface area contributed by atoms with E-state index in [1.165, 1.54) is 0 Å². The predicted octanol–water partition coefficient (Wildman–Crippen LogP) is 2.97. The largest absolute Gasteiger partial charge is 0.365 e. The van der Waals surface area contributed by atoms with Gasteiger partial charge in [-0.15, -0.1) is 0 Å². The van der Waals surface area contributed by atoms with E-state index < -0.39 is 0 Å². The Morgan fingerprint density at radius 1 is 1.50 bits per heavy atom. The van der Waals surface area contributed by atoms with Gasteiger partial charge in [0.2, 0.25) is 5.82 Å². The Hall–Kier alpha value is -1.59. The maximum atomic E-state index is 11.1. The molecule has 0 unspecified atom stereocenters. The third-order valence-electron chi connectivity index (χ3n) is 2.73. The van der Waals surface area contributed by atoms with E-state index >= 15 is 0 Å². The number of rotatable bonds is 7. The molecule has 0 saturated heterocycles. The molecule has 0 spiro atoms. The molecule has 1 aromatic heterocycles. The van der Waals surface area contributed by atoms with Crippen LogP contribution in [0.2, 0.25) is 0 Å². The zero-order valence-corrected chi connectivity index (χ0v) is 11.6. The summed E-state index contributed by atoms with van der Waals surface area (Å²) in [5.74, 6) is 1.11. The topological polar surface area (TPSA) is 73.0 Å². The van der Waals surface area contributed by atoms with Gasteiger partial charge < -0.3 is 5.32 Å². The van der Waals surface area contributed by atoms with Crippen LogP contribution in [-0.4, -0.2) is 21.2 Å². The molecule has 0 radical (unpaired) electrons. The Bertz CT molecular complexity index is 412. The summed E-state index contributed by atoms with van der Waals surface area (Å²) in [5, 5.41) is 18.5. The van der Waals surface area contributed by atoms with Crippen LogP contribution in [0.1, 0.15) is 39.3 Å². The number of nitrogens with one attached hydrogen (secondary N) is 1. The fourth-order valence-corrected chi connectivity index (χ4v) is 1.82. The molecule has 1 rings (SSSR count). The van der Waals surface area contributed by atoms with Gasteiger partial charge in [-0.25, -0.2) is 4.68 Å². The number of aromatic nitrogens is 2. The third-order valence-corrected chi connectivity index (χ3v) is 2.73. The summed E-state index contributed by atoms with van der Waals surface area (Å²) < 4.78 is 1.70. The Morgan fingerprint density at radius 2 is 2.17 bits per heavy atom. The fraction of sp³-hybridized carbons (Fsp3) is 0.750. The van der Waals surface area contributed by atoms with E-state index in [0.717, 1.165) is 19.4 Å². The van der Waals surface area contributed by atoms with Crippen LogP contribution in [-0.2, 0) is 6.54 Å². The average Bonchev–Trinajstić information content (AvgIpc) is 2.55. The van der Waals surface area contributed by atoms with Crippen molar-refractivity contribution in [2.75, 3.05) is 11.9 Å². The van der Waals surface area contributed by atoms with E-state index in [9.17, 15) is 10.1 Å².